The fraction of sp³-hybridized carbons (Fsp3) is 0.208. The van der Waals surface area contributed by atoms with Crippen LogP contribution < -0.4 is 9.30 Å². The Bertz CT molecular complexity index is 1090. The second-order valence-corrected chi connectivity index (χ2v) is 7.33. The molecule has 1 saturated heterocycles. The van der Waals surface area contributed by atoms with E-state index >= 15 is 0 Å². The molecule has 158 valence electrons. The molecule has 4 rings (SSSR count). The number of H-pyrrole nitrogens is 1. The van der Waals surface area contributed by atoms with Crippen molar-refractivity contribution in [3.8, 4) is 5.75 Å². The minimum atomic E-state index is -0.670. The monoisotopic (exact) mass is 418 g/mol. The first-order valence-electron chi connectivity index (χ1n) is 10.1. The van der Waals surface area contributed by atoms with Crippen LogP contribution in [0.1, 0.15) is 23.6 Å². The van der Waals surface area contributed by atoms with E-state index in [2.05, 4.69) is 4.98 Å². The lowest BCUT2D eigenvalue weighted by Gasteiger charge is -2.25. The molecule has 0 spiro atoms. The van der Waals surface area contributed by atoms with E-state index in [-0.39, 0.29) is 11.3 Å². The van der Waals surface area contributed by atoms with Crippen LogP contribution in [-0.2, 0) is 16.1 Å². The molecule has 2 N–H and O–H groups in total. The zero-order valence-corrected chi connectivity index (χ0v) is 17.2. The number of benzene rings is 2. The van der Waals surface area contributed by atoms with E-state index in [1.807, 2.05) is 41.5 Å². The van der Waals surface area contributed by atoms with Crippen molar-refractivity contribution in [2.75, 3.05) is 13.7 Å². The molecule has 3 aromatic rings. The molecule has 1 atom stereocenters. The van der Waals surface area contributed by atoms with Crippen LogP contribution in [0.5, 0.6) is 5.75 Å². The summed E-state index contributed by atoms with van der Waals surface area (Å²) in [7, 11) is 1.58. The molecule has 1 aliphatic heterocycles. The number of aliphatic hydroxyl groups excluding tert-OH is 1. The average Bonchev–Trinajstić information content (AvgIpc) is 3.41. The summed E-state index contributed by atoms with van der Waals surface area (Å²) in [5.41, 5.74) is 1.35. The topological polar surface area (TPSA) is 86.5 Å². The van der Waals surface area contributed by atoms with Crippen LogP contribution in [-0.4, -0.2) is 40.3 Å². The molecule has 2 heterocycles. The molecule has 0 bridgehead atoms. The molecule has 1 amide bonds. The number of nitrogens with one attached hydrogen (secondary N) is 1. The number of ether oxygens (including phenoxy) is 1. The number of aromatic amines is 1. The maximum atomic E-state index is 13.0. The van der Waals surface area contributed by atoms with E-state index in [1.54, 1.807) is 48.4 Å². The lowest BCUT2D eigenvalue weighted by Crippen LogP contribution is -2.36. The third-order valence-corrected chi connectivity index (χ3v) is 5.44. The summed E-state index contributed by atoms with van der Waals surface area (Å²) in [5, 5.41) is 11.0. The van der Waals surface area contributed by atoms with Crippen molar-refractivity contribution in [1.29, 1.82) is 0 Å². The van der Waals surface area contributed by atoms with Gasteiger partial charge in [0.25, 0.3) is 11.7 Å². The number of ketones is 1. The van der Waals surface area contributed by atoms with E-state index in [0.717, 1.165) is 5.56 Å². The summed E-state index contributed by atoms with van der Waals surface area (Å²) >= 11 is 0. The van der Waals surface area contributed by atoms with Gasteiger partial charge in [-0.2, -0.15) is 0 Å². The number of aryl methyl sites for hydroxylation is 1. The molecule has 0 saturated carbocycles. The maximum Gasteiger partial charge on any atom is 0.295 e. The Hall–Kier alpha value is -3.87. The Morgan fingerprint density at radius 1 is 1.13 bits per heavy atom. The van der Waals surface area contributed by atoms with Gasteiger partial charge in [-0.15, -0.1) is 0 Å². The van der Waals surface area contributed by atoms with Gasteiger partial charge in [-0.1, -0.05) is 42.5 Å². The number of amides is 1. The average molecular weight is 418 g/mol. The van der Waals surface area contributed by atoms with Crippen LogP contribution in [0.4, 0.5) is 0 Å². The van der Waals surface area contributed by atoms with Crippen molar-refractivity contribution in [1.82, 2.24) is 9.88 Å². The quantitative estimate of drug-likeness (QED) is 0.267. The molecule has 2 aromatic carbocycles. The number of Topliss-reactive ketones (excluding diaryl/α,β-unsaturated/α-hetero) is 1. The van der Waals surface area contributed by atoms with E-state index in [0.29, 0.717) is 30.8 Å². The van der Waals surface area contributed by atoms with Crippen LogP contribution in [0.25, 0.3) is 5.76 Å². The van der Waals surface area contributed by atoms with Gasteiger partial charge in [-0.05, 0) is 17.7 Å². The van der Waals surface area contributed by atoms with E-state index in [4.69, 9.17) is 4.74 Å². The predicted octanol–water partition coefficient (Wildman–Crippen LogP) is 2.82. The Kier molecular flexibility index (Phi) is 5.84. The smallest absolute Gasteiger partial charge is 0.295 e. The Labute approximate surface area is 180 Å². The second-order valence-electron chi connectivity index (χ2n) is 7.33. The van der Waals surface area contributed by atoms with Gasteiger partial charge in [0.05, 0.1) is 25.3 Å². The highest BCUT2D eigenvalue weighted by molar-refractivity contribution is 6.46. The van der Waals surface area contributed by atoms with Gasteiger partial charge in [-0.25, -0.2) is 4.57 Å². The Balaban J connectivity index is 1.72. The summed E-state index contributed by atoms with van der Waals surface area (Å²) in [5.74, 6) is -0.760. The van der Waals surface area contributed by atoms with Gasteiger partial charge in [0.2, 0.25) is 6.33 Å². The fourth-order valence-corrected chi connectivity index (χ4v) is 3.88. The summed E-state index contributed by atoms with van der Waals surface area (Å²) in [6, 6.07) is 15.4. The second kappa shape index (κ2) is 8.87. The first-order valence-corrected chi connectivity index (χ1v) is 10.1. The zero-order chi connectivity index (χ0) is 21.8. The third kappa shape index (κ3) is 4.07. The largest absolute Gasteiger partial charge is 0.507 e. The number of rotatable bonds is 7. The molecule has 7 heteroatoms. The van der Waals surface area contributed by atoms with Crippen molar-refractivity contribution in [2.45, 2.75) is 19.0 Å². The lowest BCUT2D eigenvalue weighted by atomic mass is 9.95. The van der Waals surface area contributed by atoms with Gasteiger partial charge >= 0.3 is 0 Å². The number of imidazole rings is 1. The molecule has 1 aliphatic rings. The van der Waals surface area contributed by atoms with Crippen LogP contribution in [0.15, 0.2) is 78.9 Å². The molecule has 0 aliphatic carbocycles. The minimum Gasteiger partial charge on any atom is -0.507 e. The maximum absolute atomic E-state index is 13.0. The van der Waals surface area contributed by atoms with Crippen LogP contribution >= 0.6 is 0 Å². The number of hydrogen-bond acceptors (Lipinski definition) is 4. The summed E-state index contributed by atoms with van der Waals surface area (Å²) in [4.78, 5) is 30.5. The third-order valence-electron chi connectivity index (χ3n) is 5.44. The molecule has 1 unspecified atom stereocenters. The highest BCUT2D eigenvalue weighted by Gasteiger charge is 2.45. The normalized spacial score (nSPS) is 17.8. The number of nitrogens with zero attached hydrogens (tertiary/aromatic N) is 2. The van der Waals surface area contributed by atoms with Crippen LogP contribution in [0.2, 0.25) is 0 Å². The highest BCUT2D eigenvalue weighted by Crippen LogP contribution is 2.39. The van der Waals surface area contributed by atoms with Crippen molar-refractivity contribution >= 4 is 17.4 Å². The molecule has 31 heavy (non-hydrogen) atoms. The van der Waals surface area contributed by atoms with Gasteiger partial charge in [-0.3, -0.25) is 14.6 Å². The number of aromatic nitrogens is 2. The van der Waals surface area contributed by atoms with E-state index in [9.17, 15) is 14.7 Å². The number of likely N-dealkylation sites (tertiary alicyclic amines) is 1. The summed E-state index contributed by atoms with van der Waals surface area (Å²) in [6.45, 7) is 1.07. The highest BCUT2D eigenvalue weighted by atomic mass is 16.5. The minimum absolute atomic E-state index is 0.107. The molecular weight excluding hydrogens is 394 g/mol. The van der Waals surface area contributed by atoms with Crippen LogP contribution in [0, 0.1) is 0 Å². The van der Waals surface area contributed by atoms with Gasteiger partial charge in [0.15, 0.2) is 0 Å². The molecule has 1 fully saturated rings. The number of hydrogen-bond donors (Lipinski definition) is 2. The number of aliphatic hydroxyl groups is 1. The van der Waals surface area contributed by atoms with Gasteiger partial charge in [0, 0.05) is 18.5 Å². The van der Waals surface area contributed by atoms with Crippen molar-refractivity contribution in [3.63, 3.8) is 0 Å². The first-order chi connectivity index (χ1) is 15.1. The fourth-order valence-electron chi connectivity index (χ4n) is 3.88. The number of carbonyl (C=O) groups is 2. The van der Waals surface area contributed by atoms with Crippen molar-refractivity contribution in [3.05, 3.63) is 90.0 Å². The SMILES string of the molecule is COc1ccc(C2C(=C(O)c3ccccc3)C(=O)C(=O)N2CCC[n+]2cc[nH]c2)cc1. The Morgan fingerprint density at radius 2 is 1.87 bits per heavy atom. The Morgan fingerprint density at radius 3 is 2.52 bits per heavy atom. The molecule has 7 nitrogen and oxygen atoms in total. The van der Waals surface area contributed by atoms with Gasteiger partial charge < -0.3 is 14.7 Å². The van der Waals surface area contributed by atoms with Gasteiger partial charge in [0.1, 0.15) is 23.9 Å². The lowest BCUT2D eigenvalue weighted by molar-refractivity contribution is -0.695. The van der Waals surface area contributed by atoms with E-state index < -0.39 is 17.7 Å². The molecule has 0 radical (unpaired) electrons. The number of carbonyl (C=O) groups excluding carboxylic acids is 2. The van der Waals surface area contributed by atoms with Crippen molar-refractivity contribution < 1.29 is 24.0 Å². The standard InChI is InChI=1S/C24H23N3O4/c1-31-19-10-8-17(9-11-19)21-20(22(28)18-6-3-2-4-7-18)23(29)24(30)27(21)14-5-13-26-15-12-25-16-26/h2-4,6-12,15-16,21H,5,13-14H2,1H3,(H,28,29)/p+1. The zero-order valence-electron chi connectivity index (χ0n) is 17.2. The summed E-state index contributed by atoms with van der Waals surface area (Å²) < 4.78 is 7.21. The first kappa shape index (κ1) is 20.4. The van der Waals surface area contributed by atoms with E-state index in [1.165, 1.54) is 0 Å². The molecular formula is C24H24N3O4+. The van der Waals surface area contributed by atoms with Crippen LogP contribution in [0.3, 0.4) is 0 Å². The number of methoxy groups -OCH3 is 1. The molecule has 1 aromatic heterocycles. The predicted molar refractivity (Wildman–Crippen MR) is 114 cm³/mol. The summed E-state index contributed by atoms with van der Waals surface area (Å²) in [6.07, 6.45) is 6.23. The van der Waals surface area contributed by atoms with Crippen molar-refractivity contribution in [2.24, 2.45) is 0 Å².